The van der Waals surface area contributed by atoms with Crippen molar-refractivity contribution < 1.29 is 30.4 Å². The molecule has 0 aliphatic rings. The van der Waals surface area contributed by atoms with E-state index < -0.39 is 50.5 Å². The van der Waals surface area contributed by atoms with Crippen LogP contribution >= 0.6 is 0 Å². The largest absolute Gasteiger partial charge is 0.330 e. The van der Waals surface area contributed by atoms with Crippen LogP contribution in [0.2, 0.25) is 0 Å². The second-order valence-corrected chi connectivity index (χ2v) is 5.35. The Morgan fingerprint density at radius 3 is 1.74 bits per heavy atom. The third kappa shape index (κ3) is 3.32. The minimum Gasteiger partial charge on any atom is -0.330 e. The van der Waals surface area contributed by atoms with Crippen molar-refractivity contribution in [3.05, 3.63) is 29.1 Å². The normalized spacial score (nSPS) is 11.7. The van der Waals surface area contributed by atoms with Crippen molar-refractivity contribution in [2.24, 2.45) is 5.73 Å². The number of nitrogens with two attached hydrogens (primary N) is 1. The summed E-state index contributed by atoms with van der Waals surface area (Å²) in [7, 11) is -4.25. The molecule has 0 bridgehead atoms. The lowest BCUT2D eigenvalue weighted by Crippen LogP contribution is -2.21. The molecule has 1 rings (SSSR count). The van der Waals surface area contributed by atoms with Crippen molar-refractivity contribution in [2.75, 3.05) is 17.0 Å². The Labute approximate surface area is 105 Å². The maximum Gasteiger partial charge on any atom is 0.232 e. The van der Waals surface area contributed by atoms with E-state index in [0.717, 1.165) is 0 Å². The molecule has 0 amide bonds. The minimum absolute atomic E-state index is 0.0159. The Morgan fingerprint density at radius 1 is 0.895 bits per heavy atom. The van der Waals surface area contributed by atoms with Gasteiger partial charge in [0.15, 0.2) is 23.3 Å². The van der Waals surface area contributed by atoms with Gasteiger partial charge in [0.2, 0.25) is 15.8 Å². The molecule has 19 heavy (non-hydrogen) atoms. The second-order valence-electron chi connectivity index (χ2n) is 3.51. The SMILES string of the molecule is NCCCS(=O)(=O)Nc1c(F)c(F)c(F)c(F)c1F. The first-order valence-corrected chi connectivity index (χ1v) is 6.58. The van der Waals surface area contributed by atoms with E-state index in [1.165, 1.54) is 4.72 Å². The van der Waals surface area contributed by atoms with E-state index in [9.17, 15) is 30.4 Å². The van der Waals surface area contributed by atoms with Gasteiger partial charge in [0.25, 0.3) is 0 Å². The number of anilines is 1. The molecule has 0 fully saturated rings. The topological polar surface area (TPSA) is 72.2 Å². The molecule has 4 nitrogen and oxygen atoms in total. The second kappa shape index (κ2) is 5.70. The van der Waals surface area contributed by atoms with Gasteiger partial charge in [0, 0.05) is 0 Å². The third-order valence-electron chi connectivity index (χ3n) is 2.08. The van der Waals surface area contributed by atoms with E-state index in [0.29, 0.717) is 0 Å². The van der Waals surface area contributed by atoms with Crippen LogP contribution in [-0.2, 0) is 10.0 Å². The Hall–Kier alpha value is -1.42. The van der Waals surface area contributed by atoms with Gasteiger partial charge in [0.1, 0.15) is 5.69 Å². The number of halogens is 5. The van der Waals surface area contributed by atoms with Gasteiger partial charge < -0.3 is 5.73 Å². The molecule has 0 radical (unpaired) electrons. The quantitative estimate of drug-likeness (QED) is 0.491. The van der Waals surface area contributed by atoms with E-state index in [1.807, 2.05) is 0 Å². The van der Waals surface area contributed by atoms with Gasteiger partial charge >= 0.3 is 0 Å². The summed E-state index contributed by atoms with van der Waals surface area (Å²) in [6.45, 7) is -0.0159. The molecular formula is C9H9F5N2O2S. The van der Waals surface area contributed by atoms with Crippen LogP contribution in [0.4, 0.5) is 27.6 Å². The maximum atomic E-state index is 13.2. The van der Waals surface area contributed by atoms with Gasteiger partial charge in [-0.25, -0.2) is 30.4 Å². The summed E-state index contributed by atoms with van der Waals surface area (Å²) >= 11 is 0. The Kier molecular flexibility index (Phi) is 4.69. The van der Waals surface area contributed by atoms with E-state index in [-0.39, 0.29) is 13.0 Å². The zero-order chi connectivity index (χ0) is 14.8. The van der Waals surface area contributed by atoms with Crippen molar-refractivity contribution in [3.63, 3.8) is 0 Å². The van der Waals surface area contributed by atoms with Gasteiger partial charge in [-0.2, -0.15) is 0 Å². The average molecular weight is 304 g/mol. The fraction of sp³-hybridized carbons (Fsp3) is 0.333. The fourth-order valence-corrected chi connectivity index (χ4v) is 2.31. The molecule has 0 atom stereocenters. The highest BCUT2D eigenvalue weighted by Crippen LogP contribution is 2.27. The maximum absolute atomic E-state index is 13.2. The number of benzene rings is 1. The van der Waals surface area contributed by atoms with Crippen LogP contribution in [0.5, 0.6) is 0 Å². The van der Waals surface area contributed by atoms with E-state index in [2.05, 4.69) is 0 Å². The highest BCUT2D eigenvalue weighted by Gasteiger charge is 2.28. The first kappa shape index (κ1) is 15.6. The molecule has 0 saturated carbocycles. The molecule has 1 aromatic carbocycles. The molecule has 10 heteroatoms. The molecule has 0 aliphatic heterocycles. The summed E-state index contributed by atoms with van der Waals surface area (Å²) < 4.78 is 88.7. The Balaban J connectivity index is 3.23. The van der Waals surface area contributed by atoms with Gasteiger partial charge in [0.05, 0.1) is 5.75 Å². The van der Waals surface area contributed by atoms with E-state index in [1.54, 1.807) is 0 Å². The van der Waals surface area contributed by atoms with Gasteiger partial charge in [-0.15, -0.1) is 0 Å². The van der Waals surface area contributed by atoms with Crippen molar-refractivity contribution >= 4 is 15.7 Å². The van der Waals surface area contributed by atoms with E-state index in [4.69, 9.17) is 5.73 Å². The highest BCUT2D eigenvalue weighted by atomic mass is 32.2. The molecule has 108 valence electrons. The highest BCUT2D eigenvalue weighted by molar-refractivity contribution is 7.92. The van der Waals surface area contributed by atoms with Crippen molar-refractivity contribution in [1.29, 1.82) is 0 Å². The number of hydrogen-bond acceptors (Lipinski definition) is 3. The predicted octanol–water partition coefficient (Wildman–Crippen LogP) is 1.47. The van der Waals surface area contributed by atoms with Crippen LogP contribution in [0.15, 0.2) is 0 Å². The number of rotatable bonds is 5. The summed E-state index contributed by atoms with van der Waals surface area (Å²) in [6.07, 6.45) is -0.0370. The first-order valence-electron chi connectivity index (χ1n) is 4.93. The first-order chi connectivity index (χ1) is 8.71. The predicted molar refractivity (Wildman–Crippen MR) is 57.3 cm³/mol. The summed E-state index contributed by atoms with van der Waals surface area (Å²) in [5.41, 5.74) is 3.44. The molecule has 1 aromatic rings. The lowest BCUT2D eigenvalue weighted by atomic mass is 10.2. The van der Waals surface area contributed by atoms with Gasteiger partial charge in [-0.05, 0) is 13.0 Å². The van der Waals surface area contributed by atoms with Crippen LogP contribution in [0.1, 0.15) is 6.42 Å². The summed E-state index contributed by atoms with van der Waals surface area (Å²) in [5.74, 6) is -11.9. The third-order valence-corrected chi connectivity index (χ3v) is 3.43. The Morgan fingerprint density at radius 2 is 1.32 bits per heavy atom. The molecule has 3 N–H and O–H groups in total. The van der Waals surface area contributed by atoms with Crippen molar-refractivity contribution in [1.82, 2.24) is 0 Å². The number of nitrogens with one attached hydrogen (secondary N) is 1. The zero-order valence-electron chi connectivity index (χ0n) is 9.31. The van der Waals surface area contributed by atoms with Crippen LogP contribution < -0.4 is 10.5 Å². The molecule has 0 heterocycles. The van der Waals surface area contributed by atoms with E-state index >= 15 is 0 Å². The minimum atomic E-state index is -4.25. The van der Waals surface area contributed by atoms with Crippen molar-refractivity contribution in [3.8, 4) is 0 Å². The molecule has 0 aromatic heterocycles. The van der Waals surface area contributed by atoms with Crippen LogP contribution in [0.3, 0.4) is 0 Å². The smallest absolute Gasteiger partial charge is 0.232 e. The summed E-state index contributed by atoms with van der Waals surface area (Å²) in [5, 5.41) is 0. The molecular weight excluding hydrogens is 295 g/mol. The molecule has 0 saturated heterocycles. The lowest BCUT2D eigenvalue weighted by Gasteiger charge is -2.11. The van der Waals surface area contributed by atoms with Gasteiger partial charge in [-0.3, -0.25) is 4.72 Å². The monoisotopic (exact) mass is 304 g/mol. The van der Waals surface area contributed by atoms with Crippen LogP contribution in [0.25, 0.3) is 0 Å². The standard InChI is InChI=1S/C9H9F5N2O2S/c10-4-5(11)7(13)9(8(14)6(4)12)16-19(17,18)3-1-2-15/h16H,1-3,15H2. The molecule has 0 unspecified atom stereocenters. The molecule has 0 aliphatic carbocycles. The number of sulfonamides is 1. The average Bonchev–Trinajstić information content (AvgIpc) is 2.37. The van der Waals surface area contributed by atoms with Gasteiger partial charge in [-0.1, -0.05) is 0 Å². The Bertz CT molecular complexity index is 562. The fourth-order valence-electron chi connectivity index (χ4n) is 1.17. The van der Waals surface area contributed by atoms with Crippen LogP contribution in [-0.4, -0.2) is 20.7 Å². The number of hydrogen-bond donors (Lipinski definition) is 2. The van der Waals surface area contributed by atoms with Crippen molar-refractivity contribution in [2.45, 2.75) is 6.42 Å². The zero-order valence-corrected chi connectivity index (χ0v) is 10.1. The molecule has 0 spiro atoms. The lowest BCUT2D eigenvalue weighted by molar-refractivity contribution is 0.382. The summed E-state index contributed by atoms with van der Waals surface area (Å²) in [6, 6.07) is 0. The summed E-state index contributed by atoms with van der Waals surface area (Å²) in [4.78, 5) is 0. The van der Waals surface area contributed by atoms with Crippen LogP contribution in [0, 0.1) is 29.1 Å².